The van der Waals surface area contributed by atoms with Crippen LogP contribution in [-0.2, 0) is 6.54 Å². The molecule has 0 spiro atoms. The molecule has 0 aromatic heterocycles. The van der Waals surface area contributed by atoms with Crippen LogP contribution < -0.4 is 10.4 Å². The van der Waals surface area contributed by atoms with Gasteiger partial charge in [-0.1, -0.05) is 6.07 Å². The summed E-state index contributed by atoms with van der Waals surface area (Å²) in [5, 5.41) is 26.0. The van der Waals surface area contributed by atoms with Crippen molar-refractivity contribution in [3.05, 3.63) is 29.3 Å². The molecule has 0 radical (unpaired) electrons. The van der Waals surface area contributed by atoms with Crippen LogP contribution in [-0.4, -0.2) is 28.4 Å². The highest BCUT2D eigenvalue weighted by atomic mass is 16.6. The zero-order chi connectivity index (χ0) is 11.4. The maximum atomic E-state index is 10.8. The first-order chi connectivity index (χ1) is 7.06. The van der Waals surface area contributed by atoms with Crippen molar-refractivity contribution in [1.29, 1.82) is 0 Å². The van der Waals surface area contributed by atoms with Gasteiger partial charge in [0.05, 0.1) is 5.56 Å². The van der Waals surface area contributed by atoms with Crippen molar-refractivity contribution in [3.8, 4) is 5.75 Å². The van der Waals surface area contributed by atoms with Crippen LogP contribution in [0, 0.1) is 0 Å². The standard InChI is InChI=1S/C8H10BNO5/c10-4-6-5(8(11)12)2-1-3-7(6)15-9(13)14/h1-3,13-14H,4,10H2,(H,11,12). The van der Waals surface area contributed by atoms with Gasteiger partial charge in [-0.2, -0.15) is 0 Å². The summed E-state index contributed by atoms with van der Waals surface area (Å²) >= 11 is 0. The average molecular weight is 211 g/mol. The molecule has 0 aliphatic heterocycles. The molecule has 1 aromatic carbocycles. The number of hydrogen-bond acceptors (Lipinski definition) is 5. The van der Waals surface area contributed by atoms with E-state index in [1.165, 1.54) is 18.2 Å². The second kappa shape index (κ2) is 4.78. The van der Waals surface area contributed by atoms with Crippen LogP contribution in [0.1, 0.15) is 15.9 Å². The molecular weight excluding hydrogens is 201 g/mol. The third-order valence-electron chi connectivity index (χ3n) is 1.80. The van der Waals surface area contributed by atoms with Crippen LogP contribution >= 0.6 is 0 Å². The van der Waals surface area contributed by atoms with Gasteiger partial charge >= 0.3 is 13.3 Å². The smallest absolute Gasteiger partial charge is 0.512 e. The molecule has 0 fully saturated rings. The number of rotatable bonds is 4. The van der Waals surface area contributed by atoms with Crippen molar-refractivity contribution >= 4 is 13.3 Å². The first-order valence-electron chi connectivity index (χ1n) is 4.14. The first kappa shape index (κ1) is 11.5. The Morgan fingerprint density at radius 2 is 2.13 bits per heavy atom. The molecule has 0 atom stereocenters. The van der Waals surface area contributed by atoms with Crippen molar-refractivity contribution in [1.82, 2.24) is 0 Å². The normalized spacial score (nSPS) is 9.80. The predicted molar refractivity (Wildman–Crippen MR) is 52.1 cm³/mol. The lowest BCUT2D eigenvalue weighted by Crippen LogP contribution is -2.22. The first-order valence-corrected chi connectivity index (χ1v) is 4.14. The van der Waals surface area contributed by atoms with Gasteiger partial charge in [-0.3, -0.25) is 0 Å². The Kier molecular flexibility index (Phi) is 3.67. The molecule has 15 heavy (non-hydrogen) atoms. The topological polar surface area (TPSA) is 113 Å². The quantitative estimate of drug-likeness (QED) is 0.484. The Morgan fingerprint density at radius 3 is 2.60 bits per heavy atom. The van der Waals surface area contributed by atoms with E-state index in [2.05, 4.69) is 4.65 Å². The molecule has 0 bridgehead atoms. The minimum Gasteiger partial charge on any atom is -0.512 e. The predicted octanol–water partition coefficient (Wildman–Crippen LogP) is -0.808. The number of nitrogens with two attached hydrogens (primary N) is 1. The average Bonchev–Trinajstić information content (AvgIpc) is 2.16. The second-order valence-corrected chi connectivity index (χ2v) is 2.74. The van der Waals surface area contributed by atoms with Gasteiger partial charge in [0.2, 0.25) is 0 Å². The summed E-state index contributed by atoms with van der Waals surface area (Å²) < 4.78 is 4.59. The fourth-order valence-corrected chi connectivity index (χ4v) is 1.20. The van der Waals surface area contributed by atoms with Crippen LogP contribution in [0.25, 0.3) is 0 Å². The van der Waals surface area contributed by atoms with E-state index < -0.39 is 13.3 Å². The van der Waals surface area contributed by atoms with Gasteiger partial charge in [0.25, 0.3) is 0 Å². The van der Waals surface area contributed by atoms with Gasteiger partial charge in [0.15, 0.2) is 0 Å². The zero-order valence-electron chi connectivity index (χ0n) is 7.75. The number of benzene rings is 1. The number of carbonyl (C=O) groups is 1. The van der Waals surface area contributed by atoms with E-state index >= 15 is 0 Å². The van der Waals surface area contributed by atoms with Crippen molar-refractivity contribution in [2.45, 2.75) is 6.54 Å². The minimum absolute atomic E-state index is 0.0179. The molecule has 6 nitrogen and oxygen atoms in total. The molecule has 0 aliphatic rings. The van der Waals surface area contributed by atoms with Crippen molar-refractivity contribution < 1.29 is 24.6 Å². The van der Waals surface area contributed by atoms with Crippen LogP contribution in [0.15, 0.2) is 18.2 Å². The lowest BCUT2D eigenvalue weighted by Gasteiger charge is -2.11. The van der Waals surface area contributed by atoms with E-state index in [1.54, 1.807) is 0 Å². The summed E-state index contributed by atoms with van der Waals surface area (Å²) in [6.07, 6.45) is 0. The Morgan fingerprint density at radius 1 is 1.47 bits per heavy atom. The van der Waals surface area contributed by atoms with E-state index in [0.717, 1.165) is 0 Å². The Labute approximate surface area is 86.1 Å². The molecular formula is C8H10BNO5. The van der Waals surface area contributed by atoms with E-state index in [-0.39, 0.29) is 23.4 Å². The minimum atomic E-state index is -2.00. The Balaban J connectivity index is 3.16. The Hall–Kier alpha value is -1.57. The van der Waals surface area contributed by atoms with E-state index in [1.807, 2.05) is 0 Å². The van der Waals surface area contributed by atoms with Crippen molar-refractivity contribution in [2.75, 3.05) is 0 Å². The molecule has 1 aromatic rings. The fourth-order valence-electron chi connectivity index (χ4n) is 1.20. The summed E-state index contributed by atoms with van der Waals surface area (Å²) in [6.45, 7) is -0.0650. The number of carboxylic acids is 1. The zero-order valence-corrected chi connectivity index (χ0v) is 7.75. The third kappa shape index (κ3) is 2.69. The van der Waals surface area contributed by atoms with Crippen molar-refractivity contribution in [3.63, 3.8) is 0 Å². The largest absolute Gasteiger partial charge is 0.707 e. The molecule has 0 heterocycles. The molecule has 7 heteroatoms. The van der Waals surface area contributed by atoms with Crippen molar-refractivity contribution in [2.24, 2.45) is 5.73 Å². The van der Waals surface area contributed by atoms with Crippen LogP contribution in [0.5, 0.6) is 5.75 Å². The van der Waals surface area contributed by atoms with Gasteiger partial charge in [0, 0.05) is 12.1 Å². The summed E-state index contributed by atoms with van der Waals surface area (Å²) in [7, 11) is -2.00. The Bertz CT molecular complexity index is 368. The van der Waals surface area contributed by atoms with E-state index in [0.29, 0.717) is 0 Å². The fraction of sp³-hybridized carbons (Fsp3) is 0.125. The van der Waals surface area contributed by atoms with Gasteiger partial charge in [-0.25, -0.2) is 4.79 Å². The highest BCUT2D eigenvalue weighted by Gasteiger charge is 2.18. The lowest BCUT2D eigenvalue weighted by atomic mass is 10.1. The summed E-state index contributed by atoms with van der Waals surface area (Å²) in [6, 6.07) is 4.20. The molecule has 0 saturated carbocycles. The third-order valence-corrected chi connectivity index (χ3v) is 1.80. The highest BCUT2D eigenvalue weighted by Crippen LogP contribution is 2.22. The van der Waals surface area contributed by atoms with E-state index in [4.69, 9.17) is 20.9 Å². The summed E-state index contributed by atoms with van der Waals surface area (Å²) in [5.74, 6) is -1.10. The molecule has 80 valence electrons. The van der Waals surface area contributed by atoms with Gasteiger partial charge in [0.1, 0.15) is 5.75 Å². The molecule has 0 aliphatic carbocycles. The van der Waals surface area contributed by atoms with Crippen LogP contribution in [0.4, 0.5) is 0 Å². The van der Waals surface area contributed by atoms with Crippen LogP contribution in [0.2, 0.25) is 0 Å². The number of carboxylic acid groups (broad SMARTS) is 1. The van der Waals surface area contributed by atoms with E-state index in [9.17, 15) is 4.79 Å². The van der Waals surface area contributed by atoms with Gasteiger partial charge in [-0.15, -0.1) is 0 Å². The van der Waals surface area contributed by atoms with Gasteiger partial charge in [-0.05, 0) is 12.1 Å². The molecule has 0 unspecified atom stereocenters. The lowest BCUT2D eigenvalue weighted by molar-refractivity contribution is 0.0695. The molecule has 1 rings (SSSR count). The second-order valence-electron chi connectivity index (χ2n) is 2.74. The molecule has 0 saturated heterocycles. The van der Waals surface area contributed by atoms with Gasteiger partial charge < -0.3 is 25.5 Å². The summed E-state index contributed by atoms with van der Waals surface area (Å²) in [4.78, 5) is 10.8. The highest BCUT2D eigenvalue weighted by molar-refractivity contribution is 6.33. The SMILES string of the molecule is NCc1c(OB(O)O)cccc1C(=O)O. The molecule has 5 N–H and O–H groups in total. The monoisotopic (exact) mass is 211 g/mol. The summed E-state index contributed by atoms with van der Waals surface area (Å²) in [5.41, 5.74) is 5.56. The number of aromatic carboxylic acids is 1. The maximum absolute atomic E-state index is 10.8. The molecule has 0 amide bonds. The number of hydrogen-bond donors (Lipinski definition) is 4. The maximum Gasteiger partial charge on any atom is 0.707 e. The van der Waals surface area contributed by atoms with Crippen LogP contribution in [0.3, 0.4) is 0 Å².